The Morgan fingerprint density at radius 1 is 1.00 bits per heavy atom. The molecule has 4 aromatic rings. The molecule has 1 aromatic carbocycles. The van der Waals surface area contributed by atoms with Crippen molar-refractivity contribution in [3.63, 3.8) is 0 Å². The highest BCUT2D eigenvalue weighted by Crippen LogP contribution is 2.30. The van der Waals surface area contributed by atoms with Gasteiger partial charge >= 0.3 is 0 Å². The molecular formula is C13H8N4S. The average Bonchev–Trinajstić information content (AvgIpc) is 3.06. The number of thiazole rings is 1. The average molecular weight is 252 g/mol. The Bertz CT molecular complexity index is 774. The molecule has 5 heteroatoms. The summed E-state index contributed by atoms with van der Waals surface area (Å²) < 4.78 is 3.04. The molecule has 0 fully saturated rings. The summed E-state index contributed by atoms with van der Waals surface area (Å²) in [6.45, 7) is 0. The number of hydrogen-bond donors (Lipinski definition) is 0. The zero-order valence-corrected chi connectivity index (χ0v) is 10.1. The Labute approximate surface area is 107 Å². The predicted octanol–water partition coefficient (Wildman–Crippen LogP) is 3.01. The van der Waals surface area contributed by atoms with Crippen LogP contribution >= 0.6 is 11.3 Å². The molecule has 0 aliphatic rings. The van der Waals surface area contributed by atoms with Crippen LogP contribution in [-0.4, -0.2) is 19.6 Å². The van der Waals surface area contributed by atoms with Gasteiger partial charge in [-0.05, 0) is 12.1 Å². The fourth-order valence-electron chi connectivity index (χ4n) is 2.13. The van der Waals surface area contributed by atoms with Gasteiger partial charge in [0.2, 0.25) is 0 Å². The Morgan fingerprint density at radius 2 is 2.00 bits per heavy atom. The fraction of sp³-hybridized carbons (Fsp3) is 0. The van der Waals surface area contributed by atoms with Crippen molar-refractivity contribution in [1.82, 2.24) is 19.6 Å². The zero-order valence-electron chi connectivity index (χ0n) is 9.32. The maximum atomic E-state index is 4.35. The first-order valence-electron chi connectivity index (χ1n) is 5.55. The number of nitrogens with zero attached hydrogens (tertiary/aromatic N) is 4. The smallest absolute Gasteiger partial charge is 0.155 e. The van der Waals surface area contributed by atoms with E-state index in [9.17, 15) is 0 Å². The zero-order chi connectivity index (χ0) is 11.9. The highest BCUT2D eigenvalue weighted by atomic mass is 32.1. The number of rotatable bonds is 1. The van der Waals surface area contributed by atoms with Crippen LogP contribution < -0.4 is 0 Å². The van der Waals surface area contributed by atoms with Crippen LogP contribution in [-0.2, 0) is 0 Å². The van der Waals surface area contributed by atoms with Crippen molar-refractivity contribution in [2.24, 2.45) is 0 Å². The van der Waals surface area contributed by atoms with Crippen LogP contribution in [0.2, 0.25) is 0 Å². The van der Waals surface area contributed by atoms with E-state index in [2.05, 4.69) is 21.1 Å². The van der Waals surface area contributed by atoms with Crippen molar-refractivity contribution < 1.29 is 0 Å². The van der Waals surface area contributed by atoms with Crippen LogP contribution in [0.4, 0.5) is 0 Å². The molecule has 0 bridgehead atoms. The van der Waals surface area contributed by atoms with Crippen LogP contribution in [0.3, 0.4) is 0 Å². The molecule has 0 N–H and O–H groups in total. The summed E-state index contributed by atoms with van der Waals surface area (Å²) in [4.78, 5) is 8.63. The van der Waals surface area contributed by atoms with Gasteiger partial charge in [-0.3, -0.25) is 0 Å². The van der Waals surface area contributed by atoms with Crippen molar-refractivity contribution in [2.45, 2.75) is 0 Å². The standard InChI is InChI=1S/C13H8N4S/c1-2-9(13-10(3-1)15-8-18-13)11-4-6-14-12-5-7-16-17(11)12/h1-8H. The van der Waals surface area contributed by atoms with Crippen LogP contribution in [0.5, 0.6) is 0 Å². The molecule has 0 spiro atoms. The molecule has 4 nitrogen and oxygen atoms in total. The topological polar surface area (TPSA) is 43.1 Å². The van der Waals surface area contributed by atoms with E-state index >= 15 is 0 Å². The van der Waals surface area contributed by atoms with Gasteiger partial charge in [0, 0.05) is 17.8 Å². The van der Waals surface area contributed by atoms with Crippen LogP contribution in [0.25, 0.3) is 27.1 Å². The minimum atomic E-state index is 0.856. The van der Waals surface area contributed by atoms with Crippen molar-refractivity contribution in [1.29, 1.82) is 0 Å². The summed E-state index contributed by atoms with van der Waals surface area (Å²) in [5, 5.41) is 4.32. The van der Waals surface area contributed by atoms with Gasteiger partial charge in [0.15, 0.2) is 5.65 Å². The van der Waals surface area contributed by atoms with Gasteiger partial charge < -0.3 is 0 Å². The summed E-state index contributed by atoms with van der Waals surface area (Å²) in [5.41, 5.74) is 5.94. The summed E-state index contributed by atoms with van der Waals surface area (Å²) in [5.74, 6) is 0. The molecule has 0 aliphatic carbocycles. The molecule has 3 aromatic heterocycles. The van der Waals surface area contributed by atoms with Gasteiger partial charge in [-0.2, -0.15) is 5.10 Å². The van der Waals surface area contributed by atoms with E-state index in [1.165, 1.54) is 4.70 Å². The predicted molar refractivity (Wildman–Crippen MR) is 71.6 cm³/mol. The Balaban J connectivity index is 2.13. The van der Waals surface area contributed by atoms with Crippen LogP contribution in [0, 0.1) is 0 Å². The van der Waals surface area contributed by atoms with Crippen molar-refractivity contribution >= 4 is 27.2 Å². The lowest BCUT2D eigenvalue weighted by Gasteiger charge is -2.05. The van der Waals surface area contributed by atoms with Gasteiger partial charge in [-0.1, -0.05) is 12.1 Å². The highest BCUT2D eigenvalue weighted by molar-refractivity contribution is 7.17. The quantitative estimate of drug-likeness (QED) is 0.523. The molecule has 86 valence electrons. The summed E-state index contributed by atoms with van der Waals surface area (Å²) in [6.07, 6.45) is 3.57. The highest BCUT2D eigenvalue weighted by Gasteiger charge is 2.09. The summed E-state index contributed by atoms with van der Waals surface area (Å²) >= 11 is 1.65. The van der Waals surface area contributed by atoms with Gasteiger partial charge in [0.05, 0.1) is 27.6 Å². The van der Waals surface area contributed by atoms with E-state index in [1.807, 2.05) is 40.5 Å². The van der Waals surface area contributed by atoms with Crippen molar-refractivity contribution in [3.05, 3.63) is 48.2 Å². The van der Waals surface area contributed by atoms with Crippen molar-refractivity contribution in [2.75, 3.05) is 0 Å². The second kappa shape index (κ2) is 3.61. The lowest BCUT2D eigenvalue weighted by atomic mass is 10.1. The van der Waals surface area contributed by atoms with Gasteiger partial charge in [-0.25, -0.2) is 14.5 Å². The van der Waals surface area contributed by atoms with E-state index in [1.54, 1.807) is 17.5 Å². The Morgan fingerprint density at radius 3 is 3.00 bits per heavy atom. The lowest BCUT2D eigenvalue weighted by molar-refractivity contribution is 0.949. The largest absolute Gasteiger partial charge is 0.245 e. The number of fused-ring (bicyclic) bond motifs is 2. The van der Waals surface area contributed by atoms with Gasteiger partial charge in [0.1, 0.15) is 0 Å². The van der Waals surface area contributed by atoms with Gasteiger partial charge in [-0.15, -0.1) is 11.3 Å². The van der Waals surface area contributed by atoms with Crippen LogP contribution in [0.15, 0.2) is 48.2 Å². The van der Waals surface area contributed by atoms with E-state index in [-0.39, 0.29) is 0 Å². The molecule has 0 amide bonds. The maximum absolute atomic E-state index is 4.35. The third kappa shape index (κ3) is 1.28. The summed E-state index contributed by atoms with van der Waals surface area (Å²) in [7, 11) is 0. The van der Waals surface area contributed by atoms with E-state index < -0.39 is 0 Å². The number of benzene rings is 1. The molecule has 4 rings (SSSR count). The first-order chi connectivity index (χ1) is 8.93. The molecule has 0 radical (unpaired) electrons. The Hall–Kier alpha value is -2.27. The lowest BCUT2D eigenvalue weighted by Crippen LogP contribution is -1.95. The van der Waals surface area contributed by atoms with E-state index in [0.29, 0.717) is 0 Å². The van der Waals surface area contributed by atoms with E-state index in [4.69, 9.17) is 0 Å². The maximum Gasteiger partial charge on any atom is 0.155 e. The first-order valence-corrected chi connectivity index (χ1v) is 6.43. The fourth-order valence-corrected chi connectivity index (χ4v) is 2.94. The normalized spacial score (nSPS) is 11.3. The number of aromatic nitrogens is 4. The second-order valence-corrected chi connectivity index (χ2v) is 4.79. The minimum Gasteiger partial charge on any atom is -0.245 e. The first kappa shape index (κ1) is 9.73. The number of hydrogen-bond acceptors (Lipinski definition) is 4. The Kier molecular flexibility index (Phi) is 1.95. The molecule has 3 heterocycles. The van der Waals surface area contributed by atoms with Crippen molar-refractivity contribution in [3.8, 4) is 11.3 Å². The SMILES string of the molecule is c1cc(-c2ccnc3ccnn23)c2scnc2c1. The molecule has 0 atom stereocenters. The molecule has 0 aliphatic heterocycles. The molecule has 0 saturated heterocycles. The summed E-state index contributed by atoms with van der Waals surface area (Å²) in [6, 6.07) is 10.0. The third-order valence-electron chi connectivity index (χ3n) is 2.92. The molecule has 18 heavy (non-hydrogen) atoms. The van der Waals surface area contributed by atoms with Crippen LogP contribution in [0.1, 0.15) is 0 Å². The second-order valence-electron chi connectivity index (χ2n) is 3.94. The van der Waals surface area contributed by atoms with E-state index in [0.717, 1.165) is 22.4 Å². The van der Waals surface area contributed by atoms with Gasteiger partial charge in [0.25, 0.3) is 0 Å². The molecule has 0 saturated carbocycles. The minimum absolute atomic E-state index is 0.856. The molecular weight excluding hydrogens is 244 g/mol. The monoisotopic (exact) mass is 252 g/mol. The third-order valence-corrected chi connectivity index (χ3v) is 3.80. The molecule has 0 unspecified atom stereocenters.